The minimum Gasteiger partial charge on any atom is -0.480 e. The van der Waals surface area contributed by atoms with Crippen molar-refractivity contribution in [3.63, 3.8) is 0 Å². The number of rotatable bonds is 8. The Labute approximate surface area is 211 Å². The number of carboxylic acid groups (broad SMARTS) is 1. The minimum absolute atomic E-state index is 0.0769. The first-order valence-corrected chi connectivity index (χ1v) is 13.3. The first kappa shape index (κ1) is 29.1. The molecule has 0 spiro atoms. The van der Waals surface area contributed by atoms with E-state index in [1.54, 1.807) is 6.92 Å². The van der Waals surface area contributed by atoms with Crippen LogP contribution in [0.3, 0.4) is 0 Å². The fourth-order valence-electron chi connectivity index (χ4n) is 4.77. The van der Waals surface area contributed by atoms with E-state index < -0.39 is 29.8 Å². The third-order valence-electron chi connectivity index (χ3n) is 6.44. The molecular weight excluding hydrogens is 444 g/mol. The Kier molecular flexibility index (Phi) is 12.6. The second-order valence-electron chi connectivity index (χ2n) is 10.8. The van der Waals surface area contributed by atoms with Crippen LogP contribution in [0, 0.1) is 0 Å². The van der Waals surface area contributed by atoms with Gasteiger partial charge >= 0.3 is 12.1 Å². The van der Waals surface area contributed by atoms with E-state index in [1.165, 1.54) is 64.2 Å². The van der Waals surface area contributed by atoms with Gasteiger partial charge in [0.2, 0.25) is 0 Å². The second-order valence-corrected chi connectivity index (χ2v) is 10.8. The van der Waals surface area contributed by atoms with E-state index in [9.17, 15) is 14.7 Å². The molecule has 1 amide bonds. The Bertz CT molecular complexity index is 721. The van der Waals surface area contributed by atoms with E-state index >= 15 is 0 Å². The summed E-state index contributed by atoms with van der Waals surface area (Å²) in [5.41, 5.74) is 0.312. The Balaban J connectivity index is 0.000000279. The number of alkyl carbamates (subject to hydrolysis) is 1. The van der Waals surface area contributed by atoms with Crippen LogP contribution in [0.2, 0.25) is 0 Å². The lowest BCUT2D eigenvalue weighted by atomic mass is 9.91. The van der Waals surface area contributed by atoms with Gasteiger partial charge in [0.05, 0.1) is 11.7 Å². The molecule has 2 aliphatic carbocycles. The van der Waals surface area contributed by atoms with Gasteiger partial charge in [-0.2, -0.15) is 0 Å². The molecule has 0 heterocycles. The SMILES string of the molecule is C1CCC(NC2CCCCC2)CC1.CC(OC(C)(C)C)C(NC(=O)OCc1ccccc1)C(=O)O. The maximum Gasteiger partial charge on any atom is 0.408 e. The summed E-state index contributed by atoms with van der Waals surface area (Å²) < 4.78 is 10.6. The average molecular weight is 491 g/mol. The summed E-state index contributed by atoms with van der Waals surface area (Å²) in [6.07, 6.45) is 13.1. The topological polar surface area (TPSA) is 96.9 Å². The number of hydrogen-bond donors (Lipinski definition) is 3. The summed E-state index contributed by atoms with van der Waals surface area (Å²) in [4.78, 5) is 23.0. The van der Waals surface area contributed by atoms with Crippen LogP contribution < -0.4 is 10.6 Å². The largest absolute Gasteiger partial charge is 0.480 e. The summed E-state index contributed by atoms with van der Waals surface area (Å²) in [5.74, 6) is -1.17. The normalized spacial score (nSPS) is 19.1. The van der Waals surface area contributed by atoms with Crippen molar-refractivity contribution < 1.29 is 24.2 Å². The molecule has 2 fully saturated rings. The number of nitrogens with one attached hydrogen (secondary N) is 2. The van der Waals surface area contributed by atoms with Crippen molar-refractivity contribution in [2.45, 2.75) is 128 Å². The molecule has 35 heavy (non-hydrogen) atoms. The van der Waals surface area contributed by atoms with Crippen LogP contribution in [-0.2, 0) is 20.9 Å². The highest BCUT2D eigenvalue weighted by Crippen LogP contribution is 2.22. The van der Waals surface area contributed by atoms with E-state index in [-0.39, 0.29) is 6.61 Å². The lowest BCUT2D eigenvalue weighted by molar-refractivity contribution is -0.147. The molecular formula is C28H46N2O5. The smallest absolute Gasteiger partial charge is 0.408 e. The summed E-state index contributed by atoms with van der Waals surface area (Å²) in [6, 6.07) is 9.71. The van der Waals surface area contributed by atoms with E-state index in [0.29, 0.717) is 0 Å². The van der Waals surface area contributed by atoms with Crippen molar-refractivity contribution in [3.05, 3.63) is 35.9 Å². The second kappa shape index (κ2) is 15.1. The number of amides is 1. The van der Waals surface area contributed by atoms with Crippen LogP contribution >= 0.6 is 0 Å². The van der Waals surface area contributed by atoms with Gasteiger partial charge < -0.3 is 25.2 Å². The first-order chi connectivity index (χ1) is 16.6. The minimum atomic E-state index is -1.18. The Morgan fingerprint density at radius 3 is 1.91 bits per heavy atom. The molecule has 198 valence electrons. The number of ether oxygens (including phenoxy) is 2. The molecule has 0 saturated heterocycles. The molecule has 3 N–H and O–H groups in total. The molecule has 7 heteroatoms. The number of carboxylic acids is 1. The van der Waals surface area contributed by atoms with Crippen molar-refractivity contribution in [2.24, 2.45) is 0 Å². The van der Waals surface area contributed by atoms with Gasteiger partial charge in [-0.3, -0.25) is 0 Å². The number of hydrogen-bond acceptors (Lipinski definition) is 5. The van der Waals surface area contributed by atoms with E-state index in [0.717, 1.165) is 17.6 Å². The zero-order valence-corrected chi connectivity index (χ0v) is 22.1. The molecule has 2 saturated carbocycles. The molecule has 0 aromatic heterocycles. The number of benzene rings is 1. The van der Waals surface area contributed by atoms with Gasteiger partial charge in [-0.25, -0.2) is 9.59 Å². The average Bonchev–Trinajstić information content (AvgIpc) is 2.82. The molecule has 1 aromatic rings. The van der Waals surface area contributed by atoms with Gasteiger partial charge in [0.25, 0.3) is 0 Å². The molecule has 1 aromatic carbocycles. The quantitative estimate of drug-likeness (QED) is 0.425. The Hall–Kier alpha value is -2.12. The molecule has 3 rings (SSSR count). The predicted octanol–water partition coefficient (Wildman–Crippen LogP) is 5.81. The van der Waals surface area contributed by atoms with Gasteiger partial charge in [0, 0.05) is 12.1 Å². The summed E-state index contributed by atoms with van der Waals surface area (Å²) in [5, 5.41) is 15.4. The molecule has 2 atom stereocenters. The van der Waals surface area contributed by atoms with Gasteiger partial charge in [0.15, 0.2) is 6.04 Å². The summed E-state index contributed by atoms with van der Waals surface area (Å²) >= 11 is 0. The Morgan fingerprint density at radius 1 is 0.943 bits per heavy atom. The highest BCUT2D eigenvalue weighted by atomic mass is 16.6. The number of aliphatic carboxylic acids is 1. The lowest BCUT2D eigenvalue weighted by Gasteiger charge is -2.30. The molecule has 0 radical (unpaired) electrons. The van der Waals surface area contributed by atoms with Crippen molar-refractivity contribution in [1.82, 2.24) is 10.6 Å². The third-order valence-corrected chi connectivity index (χ3v) is 6.44. The highest BCUT2D eigenvalue weighted by molar-refractivity contribution is 5.80. The van der Waals surface area contributed by atoms with Crippen molar-refractivity contribution in [3.8, 4) is 0 Å². The van der Waals surface area contributed by atoms with Crippen molar-refractivity contribution in [2.75, 3.05) is 0 Å². The highest BCUT2D eigenvalue weighted by Gasteiger charge is 2.30. The van der Waals surface area contributed by atoms with E-state index in [1.807, 2.05) is 51.1 Å². The van der Waals surface area contributed by atoms with Crippen LogP contribution in [0.25, 0.3) is 0 Å². The van der Waals surface area contributed by atoms with E-state index in [4.69, 9.17) is 9.47 Å². The molecule has 0 bridgehead atoms. The fraction of sp³-hybridized carbons (Fsp3) is 0.714. The van der Waals surface area contributed by atoms with Crippen LogP contribution in [0.5, 0.6) is 0 Å². The number of carbonyl (C=O) groups is 2. The van der Waals surface area contributed by atoms with Crippen molar-refractivity contribution >= 4 is 12.1 Å². The number of carbonyl (C=O) groups excluding carboxylic acids is 1. The molecule has 2 unspecified atom stereocenters. The van der Waals surface area contributed by atoms with Crippen LogP contribution in [0.4, 0.5) is 4.79 Å². The molecule has 0 aliphatic heterocycles. The zero-order chi connectivity index (χ0) is 25.7. The van der Waals surface area contributed by atoms with Crippen molar-refractivity contribution in [1.29, 1.82) is 0 Å². The first-order valence-electron chi connectivity index (χ1n) is 13.3. The van der Waals surface area contributed by atoms with Gasteiger partial charge in [-0.05, 0) is 58.9 Å². The predicted molar refractivity (Wildman–Crippen MR) is 138 cm³/mol. The standard InChI is InChI=1S/C16H23NO5.C12H23N/c1-11(22-16(2,3)4)13(14(18)19)17-15(20)21-10-12-8-6-5-7-9-12;1-3-7-11(8-4-1)13-12-9-5-2-6-10-12/h5-9,11,13H,10H2,1-4H3,(H,17,20)(H,18,19);11-13H,1-10H2. The van der Waals surface area contributed by atoms with Crippen LogP contribution in [-0.4, -0.2) is 47.0 Å². The summed E-state index contributed by atoms with van der Waals surface area (Å²) in [7, 11) is 0. The monoisotopic (exact) mass is 490 g/mol. The van der Waals surface area contributed by atoms with Gasteiger partial charge in [0.1, 0.15) is 6.61 Å². The van der Waals surface area contributed by atoms with Crippen LogP contribution in [0.1, 0.15) is 97.5 Å². The van der Waals surface area contributed by atoms with Crippen LogP contribution in [0.15, 0.2) is 30.3 Å². The van der Waals surface area contributed by atoms with Gasteiger partial charge in [-0.1, -0.05) is 68.9 Å². The van der Waals surface area contributed by atoms with Gasteiger partial charge in [-0.15, -0.1) is 0 Å². The fourth-order valence-corrected chi connectivity index (χ4v) is 4.77. The lowest BCUT2D eigenvalue weighted by Crippen LogP contribution is -2.50. The maximum absolute atomic E-state index is 11.7. The molecule has 7 nitrogen and oxygen atoms in total. The maximum atomic E-state index is 11.7. The Morgan fingerprint density at radius 2 is 1.46 bits per heavy atom. The zero-order valence-electron chi connectivity index (χ0n) is 22.1. The third kappa shape index (κ3) is 12.4. The van der Waals surface area contributed by atoms with E-state index in [2.05, 4.69) is 10.6 Å². The summed E-state index contributed by atoms with van der Waals surface area (Å²) in [6.45, 7) is 7.12. The molecule has 2 aliphatic rings.